The van der Waals surface area contributed by atoms with E-state index in [1.165, 1.54) is 12.1 Å². The van der Waals surface area contributed by atoms with Crippen LogP contribution in [-0.2, 0) is 11.2 Å². The first-order valence-corrected chi connectivity index (χ1v) is 8.92. The Bertz CT molecular complexity index is 879. The van der Waals surface area contributed by atoms with Crippen LogP contribution in [0.1, 0.15) is 31.0 Å². The predicted octanol–water partition coefficient (Wildman–Crippen LogP) is 4.45. The van der Waals surface area contributed by atoms with Crippen molar-refractivity contribution in [2.75, 3.05) is 0 Å². The van der Waals surface area contributed by atoms with Crippen molar-refractivity contribution in [1.82, 2.24) is 15.3 Å². The molecular formula is C19H17BrFN3O2. The van der Waals surface area contributed by atoms with E-state index in [2.05, 4.69) is 31.2 Å². The number of halogens is 2. The zero-order valence-electron chi connectivity index (χ0n) is 14.1. The van der Waals surface area contributed by atoms with E-state index in [1.807, 2.05) is 19.1 Å². The molecule has 0 aliphatic heterocycles. The maximum absolute atomic E-state index is 13.0. The fourth-order valence-electron chi connectivity index (χ4n) is 2.42. The summed E-state index contributed by atoms with van der Waals surface area (Å²) in [5.41, 5.74) is 1.53. The number of hydrogen-bond acceptors (Lipinski definition) is 4. The Morgan fingerprint density at radius 1 is 1.19 bits per heavy atom. The minimum absolute atomic E-state index is 0.108. The van der Waals surface area contributed by atoms with Gasteiger partial charge in [0.2, 0.25) is 5.91 Å². The lowest BCUT2D eigenvalue weighted by atomic mass is 10.2. The van der Waals surface area contributed by atoms with Crippen molar-refractivity contribution in [3.63, 3.8) is 0 Å². The van der Waals surface area contributed by atoms with Crippen LogP contribution in [0, 0.1) is 5.82 Å². The van der Waals surface area contributed by atoms with Crippen LogP contribution >= 0.6 is 15.9 Å². The van der Waals surface area contributed by atoms with E-state index in [-0.39, 0.29) is 24.2 Å². The molecule has 1 aromatic carbocycles. The number of oxazole rings is 1. The SMILES string of the molecule is C[C@@H](NC(=O)CCc1ncc(-c2ccc(F)cc2)o1)c1ccc(Br)cn1. The summed E-state index contributed by atoms with van der Waals surface area (Å²) < 4.78 is 19.5. The highest BCUT2D eigenvalue weighted by atomic mass is 79.9. The number of rotatable bonds is 6. The first-order valence-electron chi connectivity index (χ1n) is 8.13. The molecule has 2 aromatic heterocycles. The Morgan fingerprint density at radius 3 is 2.65 bits per heavy atom. The van der Waals surface area contributed by atoms with Crippen LogP contribution in [0.5, 0.6) is 0 Å². The molecular weight excluding hydrogens is 401 g/mol. The average Bonchev–Trinajstić information content (AvgIpc) is 3.10. The van der Waals surface area contributed by atoms with Crippen LogP contribution in [0.15, 0.2) is 57.7 Å². The fourth-order valence-corrected chi connectivity index (χ4v) is 2.66. The van der Waals surface area contributed by atoms with Gasteiger partial charge >= 0.3 is 0 Å². The summed E-state index contributed by atoms with van der Waals surface area (Å²) in [6.07, 6.45) is 3.91. The van der Waals surface area contributed by atoms with E-state index >= 15 is 0 Å². The molecule has 0 saturated carbocycles. The number of hydrogen-bond donors (Lipinski definition) is 1. The second-order valence-electron chi connectivity index (χ2n) is 5.82. The molecule has 0 saturated heterocycles. The van der Waals surface area contributed by atoms with Crippen LogP contribution in [0.25, 0.3) is 11.3 Å². The van der Waals surface area contributed by atoms with Gasteiger partial charge in [-0.1, -0.05) is 0 Å². The second-order valence-corrected chi connectivity index (χ2v) is 6.73. The highest BCUT2D eigenvalue weighted by molar-refractivity contribution is 9.10. The number of pyridine rings is 1. The summed E-state index contributed by atoms with van der Waals surface area (Å²) in [6.45, 7) is 1.88. The van der Waals surface area contributed by atoms with E-state index in [0.29, 0.717) is 18.1 Å². The van der Waals surface area contributed by atoms with Crippen molar-refractivity contribution in [3.8, 4) is 11.3 Å². The second kappa shape index (κ2) is 8.23. The molecule has 1 atom stereocenters. The zero-order valence-corrected chi connectivity index (χ0v) is 15.7. The number of nitrogens with zero attached hydrogens (tertiary/aromatic N) is 2. The molecule has 1 N–H and O–H groups in total. The zero-order chi connectivity index (χ0) is 18.5. The van der Waals surface area contributed by atoms with E-state index in [1.54, 1.807) is 24.5 Å². The Kier molecular flexibility index (Phi) is 5.78. The lowest BCUT2D eigenvalue weighted by Gasteiger charge is -2.13. The fraction of sp³-hybridized carbons (Fsp3) is 0.211. The van der Waals surface area contributed by atoms with Gasteiger partial charge in [0.05, 0.1) is 17.9 Å². The van der Waals surface area contributed by atoms with Gasteiger partial charge in [-0.25, -0.2) is 9.37 Å². The standard InChI is InChI=1S/C19H17BrFN3O2/c1-12(16-7-4-14(20)10-22-16)24-18(25)8-9-19-23-11-17(26-19)13-2-5-15(21)6-3-13/h2-7,10-12H,8-9H2,1H3,(H,24,25)/t12-/m1/s1. The number of carbonyl (C=O) groups is 1. The molecule has 0 spiro atoms. The molecule has 1 amide bonds. The molecule has 2 heterocycles. The van der Waals surface area contributed by atoms with E-state index in [4.69, 9.17) is 4.42 Å². The molecule has 0 aliphatic carbocycles. The quantitative estimate of drug-likeness (QED) is 0.643. The predicted molar refractivity (Wildman–Crippen MR) is 98.7 cm³/mol. The normalized spacial score (nSPS) is 12.0. The van der Waals surface area contributed by atoms with Crippen molar-refractivity contribution in [1.29, 1.82) is 0 Å². The molecule has 0 bridgehead atoms. The van der Waals surface area contributed by atoms with Crippen LogP contribution in [0.3, 0.4) is 0 Å². The molecule has 0 radical (unpaired) electrons. The van der Waals surface area contributed by atoms with Gasteiger partial charge < -0.3 is 9.73 Å². The molecule has 3 aromatic rings. The smallest absolute Gasteiger partial charge is 0.221 e. The summed E-state index contributed by atoms with van der Waals surface area (Å²) >= 11 is 3.33. The summed E-state index contributed by atoms with van der Waals surface area (Å²) in [5.74, 6) is 0.602. The Hall–Kier alpha value is -2.54. The third kappa shape index (κ3) is 4.76. The van der Waals surface area contributed by atoms with Gasteiger partial charge in [0.15, 0.2) is 11.7 Å². The number of carbonyl (C=O) groups excluding carboxylic acids is 1. The number of benzene rings is 1. The minimum atomic E-state index is -0.306. The van der Waals surface area contributed by atoms with Gasteiger partial charge in [-0.15, -0.1) is 0 Å². The maximum atomic E-state index is 13.0. The van der Waals surface area contributed by atoms with Crippen molar-refractivity contribution < 1.29 is 13.6 Å². The van der Waals surface area contributed by atoms with Crippen LogP contribution in [0.2, 0.25) is 0 Å². The van der Waals surface area contributed by atoms with Crippen LogP contribution < -0.4 is 5.32 Å². The van der Waals surface area contributed by atoms with Crippen LogP contribution in [0.4, 0.5) is 4.39 Å². The molecule has 0 fully saturated rings. The Labute approximate surface area is 158 Å². The summed E-state index contributed by atoms with van der Waals surface area (Å²) in [7, 11) is 0. The highest BCUT2D eigenvalue weighted by Crippen LogP contribution is 2.21. The van der Waals surface area contributed by atoms with Crippen molar-refractivity contribution >= 4 is 21.8 Å². The number of nitrogens with one attached hydrogen (secondary N) is 1. The molecule has 7 heteroatoms. The van der Waals surface area contributed by atoms with Gasteiger partial charge in [0.1, 0.15) is 5.82 Å². The molecule has 5 nitrogen and oxygen atoms in total. The molecule has 134 valence electrons. The largest absolute Gasteiger partial charge is 0.441 e. The number of aromatic nitrogens is 2. The first kappa shape index (κ1) is 18.3. The minimum Gasteiger partial charge on any atom is -0.441 e. The molecule has 26 heavy (non-hydrogen) atoms. The summed E-state index contributed by atoms with van der Waals surface area (Å²) in [4.78, 5) is 20.6. The highest BCUT2D eigenvalue weighted by Gasteiger charge is 2.13. The van der Waals surface area contributed by atoms with Crippen molar-refractivity contribution in [2.45, 2.75) is 25.8 Å². The Morgan fingerprint density at radius 2 is 1.96 bits per heavy atom. The topological polar surface area (TPSA) is 68.0 Å². The van der Waals surface area contributed by atoms with Gasteiger partial charge in [-0.2, -0.15) is 0 Å². The summed E-state index contributed by atoms with van der Waals surface area (Å²) in [5, 5.41) is 2.90. The van der Waals surface area contributed by atoms with Gasteiger partial charge in [-0.05, 0) is 59.3 Å². The molecule has 0 unspecified atom stereocenters. The lowest BCUT2D eigenvalue weighted by molar-refractivity contribution is -0.121. The monoisotopic (exact) mass is 417 g/mol. The van der Waals surface area contributed by atoms with Gasteiger partial charge in [0.25, 0.3) is 0 Å². The molecule has 3 rings (SSSR count). The van der Waals surface area contributed by atoms with Gasteiger partial charge in [-0.3, -0.25) is 9.78 Å². The van der Waals surface area contributed by atoms with Crippen LogP contribution in [-0.4, -0.2) is 15.9 Å². The summed E-state index contributed by atoms with van der Waals surface area (Å²) in [6, 6.07) is 9.53. The van der Waals surface area contributed by atoms with Crippen molar-refractivity contribution in [3.05, 3.63) is 70.7 Å². The van der Waals surface area contributed by atoms with Crippen molar-refractivity contribution in [2.24, 2.45) is 0 Å². The number of aryl methyl sites for hydroxylation is 1. The third-order valence-electron chi connectivity index (χ3n) is 3.82. The lowest BCUT2D eigenvalue weighted by Crippen LogP contribution is -2.27. The average molecular weight is 418 g/mol. The maximum Gasteiger partial charge on any atom is 0.221 e. The van der Waals surface area contributed by atoms with E-state index in [0.717, 1.165) is 15.7 Å². The molecule has 0 aliphatic rings. The van der Waals surface area contributed by atoms with Gasteiger partial charge in [0, 0.05) is 29.1 Å². The van der Waals surface area contributed by atoms with E-state index < -0.39 is 0 Å². The third-order valence-corrected chi connectivity index (χ3v) is 4.29. The number of amides is 1. The van der Waals surface area contributed by atoms with E-state index in [9.17, 15) is 9.18 Å². The Balaban J connectivity index is 1.53. The first-order chi connectivity index (χ1) is 12.5.